The third-order valence-electron chi connectivity index (χ3n) is 2.68. The number of alkyl halides is 3. The normalized spacial score (nSPS) is 13.3. The summed E-state index contributed by atoms with van der Waals surface area (Å²) in [5.41, 5.74) is 7.75. The van der Waals surface area contributed by atoms with Gasteiger partial charge in [-0.05, 0) is 31.0 Å². The van der Waals surface area contributed by atoms with Crippen LogP contribution in [-0.2, 0) is 4.74 Å². The molecule has 0 aliphatic carbocycles. The van der Waals surface area contributed by atoms with Gasteiger partial charge in [-0.2, -0.15) is 13.2 Å². The van der Waals surface area contributed by atoms with Gasteiger partial charge in [0, 0.05) is 12.5 Å². The van der Waals surface area contributed by atoms with Crippen LogP contribution in [0, 0.1) is 6.92 Å². The van der Waals surface area contributed by atoms with Gasteiger partial charge < -0.3 is 15.2 Å². The van der Waals surface area contributed by atoms with Crippen LogP contribution in [0.15, 0.2) is 18.2 Å². The van der Waals surface area contributed by atoms with Crippen LogP contribution in [0.25, 0.3) is 0 Å². The molecule has 114 valence electrons. The molecule has 0 aliphatic rings. The van der Waals surface area contributed by atoms with E-state index in [0.717, 1.165) is 11.1 Å². The zero-order valence-corrected chi connectivity index (χ0v) is 11.7. The van der Waals surface area contributed by atoms with Crippen LogP contribution in [0.3, 0.4) is 0 Å². The zero-order chi connectivity index (χ0) is 15.2. The molecule has 0 fully saturated rings. The molecular formula is C14H20F3NO2. The van der Waals surface area contributed by atoms with E-state index in [0.29, 0.717) is 18.8 Å². The fraction of sp³-hybridized carbons (Fsp3) is 0.571. The standard InChI is InChI=1S/C14H20F3NO2/c1-10-8-12(11(2)18)4-5-13(10)20-7-3-6-19-9-14(15,16)17/h4-5,8,11H,3,6-7,9,18H2,1-2H3/t11-/m1/s1. The van der Waals surface area contributed by atoms with E-state index in [-0.39, 0.29) is 12.6 Å². The molecule has 1 aromatic rings. The van der Waals surface area contributed by atoms with E-state index in [1.54, 1.807) is 0 Å². The molecule has 1 atom stereocenters. The Morgan fingerprint density at radius 3 is 2.50 bits per heavy atom. The molecule has 0 spiro atoms. The number of halogens is 3. The van der Waals surface area contributed by atoms with Crippen molar-refractivity contribution in [2.45, 2.75) is 32.5 Å². The van der Waals surface area contributed by atoms with E-state index in [9.17, 15) is 13.2 Å². The third-order valence-corrected chi connectivity index (χ3v) is 2.68. The lowest BCUT2D eigenvalue weighted by atomic mass is 10.1. The first kappa shape index (κ1) is 16.8. The molecule has 20 heavy (non-hydrogen) atoms. The maximum Gasteiger partial charge on any atom is 0.411 e. The van der Waals surface area contributed by atoms with E-state index >= 15 is 0 Å². The largest absolute Gasteiger partial charge is 0.493 e. The molecular weight excluding hydrogens is 271 g/mol. The molecule has 3 nitrogen and oxygen atoms in total. The van der Waals surface area contributed by atoms with E-state index in [2.05, 4.69) is 4.74 Å². The van der Waals surface area contributed by atoms with Crippen LogP contribution in [0.2, 0.25) is 0 Å². The molecule has 0 saturated carbocycles. The minimum Gasteiger partial charge on any atom is -0.493 e. The molecule has 0 heterocycles. The van der Waals surface area contributed by atoms with Crippen molar-refractivity contribution in [3.05, 3.63) is 29.3 Å². The third kappa shape index (κ3) is 6.25. The van der Waals surface area contributed by atoms with Crippen molar-refractivity contribution in [2.75, 3.05) is 19.8 Å². The zero-order valence-electron chi connectivity index (χ0n) is 11.7. The molecule has 1 rings (SSSR count). The van der Waals surface area contributed by atoms with E-state index in [1.807, 2.05) is 32.0 Å². The van der Waals surface area contributed by atoms with Crippen molar-refractivity contribution >= 4 is 0 Å². The minimum absolute atomic E-state index is 0.0243. The van der Waals surface area contributed by atoms with E-state index in [1.165, 1.54) is 0 Å². The van der Waals surface area contributed by atoms with Gasteiger partial charge in [-0.3, -0.25) is 0 Å². The molecule has 2 N–H and O–H groups in total. The first-order valence-corrected chi connectivity index (χ1v) is 6.43. The predicted molar refractivity (Wildman–Crippen MR) is 70.8 cm³/mol. The monoisotopic (exact) mass is 291 g/mol. The van der Waals surface area contributed by atoms with Crippen LogP contribution in [0.4, 0.5) is 13.2 Å². The van der Waals surface area contributed by atoms with Crippen molar-refractivity contribution in [2.24, 2.45) is 5.73 Å². The molecule has 0 aromatic heterocycles. The average molecular weight is 291 g/mol. The lowest BCUT2D eigenvalue weighted by Crippen LogP contribution is -2.18. The number of aryl methyl sites for hydroxylation is 1. The summed E-state index contributed by atoms with van der Waals surface area (Å²) >= 11 is 0. The van der Waals surface area contributed by atoms with Gasteiger partial charge in [0.15, 0.2) is 0 Å². The lowest BCUT2D eigenvalue weighted by molar-refractivity contribution is -0.174. The van der Waals surface area contributed by atoms with Crippen LogP contribution < -0.4 is 10.5 Å². The fourth-order valence-corrected chi connectivity index (χ4v) is 1.65. The fourth-order valence-electron chi connectivity index (χ4n) is 1.65. The molecule has 1 aromatic carbocycles. The number of nitrogens with two attached hydrogens (primary N) is 1. The molecule has 0 aliphatic heterocycles. The predicted octanol–water partition coefficient (Wildman–Crippen LogP) is 3.36. The second-order valence-electron chi connectivity index (χ2n) is 4.68. The second kappa shape index (κ2) is 7.50. The quantitative estimate of drug-likeness (QED) is 0.783. The SMILES string of the molecule is Cc1cc([C@@H](C)N)ccc1OCCCOCC(F)(F)F. The van der Waals surface area contributed by atoms with Crippen LogP contribution in [0.5, 0.6) is 5.75 Å². The van der Waals surface area contributed by atoms with E-state index < -0.39 is 12.8 Å². The summed E-state index contributed by atoms with van der Waals surface area (Å²) < 4.78 is 45.5. The van der Waals surface area contributed by atoms with Gasteiger partial charge in [-0.1, -0.05) is 12.1 Å². The molecule has 0 bridgehead atoms. The number of benzene rings is 1. The number of rotatable bonds is 7. The van der Waals surface area contributed by atoms with Gasteiger partial charge >= 0.3 is 6.18 Å². The van der Waals surface area contributed by atoms with Gasteiger partial charge in [0.1, 0.15) is 12.4 Å². The van der Waals surface area contributed by atoms with Crippen molar-refractivity contribution in [3.8, 4) is 5.75 Å². The van der Waals surface area contributed by atoms with Crippen molar-refractivity contribution in [1.82, 2.24) is 0 Å². The average Bonchev–Trinajstić information content (AvgIpc) is 2.33. The van der Waals surface area contributed by atoms with Crippen LogP contribution in [-0.4, -0.2) is 26.0 Å². The van der Waals surface area contributed by atoms with Gasteiger partial charge in [-0.25, -0.2) is 0 Å². The summed E-state index contributed by atoms with van der Waals surface area (Å²) in [5.74, 6) is 0.713. The topological polar surface area (TPSA) is 44.5 Å². The Balaban J connectivity index is 2.29. The second-order valence-corrected chi connectivity index (χ2v) is 4.68. The Hall–Kier alpha value is -1.27. The van der Waals surface area contributed by atoms with Crippen LogP contribution in [0.1, 0.15) is 30.5 Å². The summed E-state index contributed by atoms with van der Waals surface area (Å²) in [6.07, 6.45) is -3.86. The van der Waals surface area contributed by atoms with Crippen LogP contribution >= 0.6 is 0 Å². The number of hydrogen-bond acceptors (Lipinski definition) is 3. The Bertz CT molecular complexity index is 419. The Morgan fingerprint density at radius 2 is 1.95 bits per heavy atom. The summed E-state index contributed by atoms with van der Waals surface area (Å²) in [7, 11) is 0. The van der Waals surface area contributed by atoms with Gasteiger partial charge in [0.2, 0.25) is 0 Å². The minimum atomic E-state index is -4.27. The maximum atomic E-state index is 11.8. The number of hydrogen-bond donors (Lipinski definition) is 1. The van der Waals surface area contributed by atoms with E-state index in [4.69, 9.17) is 10.5 Å². The first-order valence-electron chi connectivity index (χ1n) is 6.43. The molecule has 0 amide bonds. The van der Waals surface area contributed by atoms with Crippen molar-refractivity contribution in [3.63, 3.8) is 0 Å². The summed E-state index contributed by atoms with van der Waals surface area (Å²) in [6, 6.07) is 5.61. The highest BCUT2D eigenvalue weighted by Crippen LogP contribution is 2.22. The highest BCUT2D eigenvalue weighted by Gasteiger charge is 2.27. The Morgan fingerprint density at radius 1 is 1.25 bits per heavy atom. The van der Waals surface area contributed by atoms with Crippen molar-refractivity contribution < 1.29 is 22.6 Å². The highest BCUT2D eigenvalue weighted by molar-refractivity contribution is 5.37. The van der Waals surface area contributed by atoms with Gasteiger partial charge in [0.25, 0.3) is 0 Å². The first-order chi connectivity index (χ1) is 9.29. The van der Waals surface area contributed by atoms with Gasteiger partial charge in [0.05, 0.1) is 13.2 Å². The lowest BCUT2D eigenvalue weighted by Gasteiger charge is -2.12. The summed E-state index contributed by atoms with van der Waals surface area (Å²) in [4.78, 5) is 0. The smallest absolute Gasteiger partial charge is 0.411 e. The van der Waals surface area contributed by atoms with Gasteiger partial charge in [-0.15, -0.1) is 0 Å². The Labute approximate surface area is 116 Å². The molecule has 0 saturated heterocycles. The maximum absolute atomic E-state index is 11.8. The summed E-state index contributed by atoms with van der Waals surface area (Å²) in [5, 5.41) is 0. The number of ether oxygens (including phenoxy) is 2. The van der Waals surface area contributed by atoms with Crippen molar-refractivity contribution in [1.29, 1.82) is 0 Å². The molecule has 0 radical (unpaired) electrons. The highest BCUT2D eigenvalue weighted by atomic mass is 19.4. The Kier molecular flexibility index (Phi) is 6.29. The molecule has 6 heteroatoms. The molecule has 0 unspecified atom stereocenters. The summed E-state index contributed by atoms with van der Waals surface area (Å²) in [6.45, 7) is 2.93.